The monoisotopic (exact) mass is 339 g/mol. The zero-order valence-corrected chi connectivity index (χ0v) is 15.9. The molecule has 0 saturated heterocycles. The predicted molar refractivity (Wildman–Crippen MR) is 106 cm³/mol. The number of hydrogen-bond acceptors (Lipinski definition) is 3. The highest BCUT2D eigenvalue weighted by atomic mass is 15.2. The molecule has 0 saturated carbocycles. The van der Waals surface area contributed by atoms with Crippen LogP contribution in [0.15, 0.2) is 41.4 Å². The molecule has 0 aliphatic rings. The van der Waals surface area contributed by atoms with Gasteiger partial charge in [0.25, 0.3) is 0 Å². The summed E-state index contributed by atoms with van der Waals surface area (Å²) in [6.45, 7) is 5.76. The normalized spacial score (nSPS) is 11.3. The molecule has 134 valence electrons. The van der Waals surface area contributed by atoms with Gasteiger partial charge in [-0.05, 0) is 38.0 Å². The van der Waals surface area contributed by atoms with E-state index in [2.05, 4.69) is 52.7 Å². The third-order valence-corrected chi connectivity index (χ3v) is 3.90. The molecule has 2 aromatic rings. The summed E-state index contributed by atoms with van der Waals surface area (Å²) in [6.07, 6.45) is 0.970. The summed E-state index contributed by atoms with van der Waals surface area (Å²) < 4.78 is 0. The van der Waals surface area contributed by atoms with Crippen LogP contribution in [0.4, 0.5) is 5.82 Å². The van der Waals surface area contributed by atoms with Crippen LogP contribution in [0, 0.1) is 13.8 Å². The molecule has 0 unspecified atom stereocenters. The van der Waals surface area contributed by atoms with Crippen molar-refractivity contribution in [3.05, 3.63) is 58.8 Å². The molecule has 1 aromatic heterocycles. The molecule has 0 bridgehead atoms. The number of rotatable bonds is 6. The fourth-order valence-corrected chi connectivity index (χ4v) is 2.75. The van der Waals surface area contributed by atoms with E-state index in [0.717, 1.165) is 30.4 Å². The summed E-state index contributed by atoms with van der Waals surface area (Å²) in [5, 5.41) is 6.68. The molecule has 0 aliphatic carbocycles. The van der Waals surface area contributed by atoms with Crippen LogP contribution in [0.3, 0.4) is 0 Å². The molecule has 25 heavy (non-hydrogen) atoms. The number of nitrogens with zero attached hydrogens (tertiary/aromatic N) is 3. The van der Waals surface area contributed by atoms with E-state index < -0.39 is 0 Å². The van der Waals surface area contributed by atoms with Crippen molar-refractivity contribution in [2.45, 2.75) is 26.8 Å². The molecular formula is C20H29N5. The van der Waals surface area contributed by atoms with Crippen molar-refractivity contribution in [3.63, 3.8) is 0 Å². The van der Waals surface area contributed by atoms with E-state index in [1.807, 2.05) is 37.2 Å². The van der Waals surface area contributed by atoms with Gasteiger partial charge in [-0.2, -0.15) is 0 Å². The van der Waals surface area contributed by atoms with E-state index in [-0.39, 0.29) is 0 Å². The van der Waals surface area contributed by atoms with Crippen molar-refractivity contribution in [2.24, 2.45) is 4.99 Å². The number of aryl methyl sites for hydroxylation is 2. The van der Waals surface area contributed by atoms with Gasteiger partial charge in [-0.3, -0.25) is 4.99 Å². The molecule has 0 radical (unpaired) electrons. The average Bonchev–Trinajstić information content (AvgIpc) is 2.57. The van der Waals surface area contributed by atoms with Crippen molar-refractivity contribution in [3.8, 4) is 0 Å². The van der Waals surface area contributed by atoms with Gasteiger partial charge in [0.05, 0.1) is 12.2 Å². The van der Waals surface area contributed by atoms with Crippen LogP contribution in [0.25, 0.3) is 0 Å². The van der Waals surface area contributed by atoms with Gasteiger partial charge in [0.2, 0.25) is 0 Å². The van der Waals surface area contributed by atoms with Crippen molar-refractivity contribution in [1.29, 1.82) is 0 Å². The van der Waals surface area contributed by atoms with Gasteiger partial charge in [-0.25, -0.2) is 4.98 Å². The summed E-state index contributed by atoms with van der Waals surface area (Å²) in [4.78, 5) is 10.9. The van der Waals surface area contributed by atoms with Crippen molar-refractivity contribution < 1.29 is 0 Å². The number of aromatic nitrogens is 1. The number of nitrogens with one attached hydrogen (secondary N) is 2. The molecule has 0 aliphatic heterocycles. The van der Waals surface area contributed by atoms with Gasteiger partial charge < -0.3 is 15.5 Å². The Hall–Kier alpha value is -2.56. The van der Waals surface area contributed by atoms with Gasteiger partial charge in [0.15, 0.2) is 5.96 Å². The maximum absolute atomic E-state index is 4.61. The molecule has 1 aromatic carbocycles. The van der Waals surface area contributed by atoms with Crippen molar-refractivity contribution in [2.75, 3.05) is 32.6 Å². The van der Waals surface area contributed by atoms with E-state index in [0.29, 0.717) is 6.54 Å². The molecule has 0 fully saturated rings. The number of pyridine rings is 1. The smallest absolute Gasteiger partial charge is 0.191 e. The van der Waals surface area contributed by atoms with Crippen LogP contribution in [-0.4, -0.2) is 38.6 Å². The van der Waals surface area contributed by atoms with Gasteiger partial charge in [0.1, 0.15) is 5.82 Å². The lowest BCUT2D eigenvalue weighted by Crippen LogP contribution is -2.38. The van der Waals surface area contributed by atoms with E-state index in [1.54, 1.807) is 7.05 Å². The predicted octanol–water partition coefficient (Wildman–Crippen LogP) is 2.67. The van der Waals surface area contributed by atoms with Crippen LogP contribution < -0.4 is 15.5 Å². The van der Waals surface area contributed by atoms with E-state index in [4.69, 9.17) is 0 Å². The van der Waals surface area contributed by atoms with E-state index in [1.165, 1.54) is 16.7 Å². The molecule has 5 heteroatoms. The largest absolute Gasteiger partial charge is 0.363 e. The van der Waals surface area contributed by atoms with Gasteiger partial charge >= 0.3 is 0 Å². The first kappa shape index (κ1) is 18.8. The lowest BCUT2D eigenvalue weighted by molar-refractivity contribution is 0.782. The highest BCUT2D eigenvalue weighted by Gasteiger charge is 2.02. The second kappa shape index (κ2) is 9.06. The first-order valence-electron chi connectivity index (χ1n) is 8.63. The molecule has 0 atom stereocenters. The Kier molecular flexibility index (Phi) is 6.81. The van der Waals surface area contributed by atoms with Crippen molar-refractivity contribution >= 4 is 11.8 Å². The number of guanidine groups is 1. The van der Waals surface area contributed by atoms with Crippen LogP contribution in [0.1, 0.15) is 22.4 Å². The molecule has 0 amide bonds. The lowest BCUT2D eigenvalue weighted by atomic mass is 10.1. The minimum absolute atomic E-state index is 0.644. The number of aliphatic imine (C=N–C) groups is 1. The fourth-order valence-electron chi connectivity index (χ4n) is 2.75. The van der Waals surface area contributed by atoms with E-state index >= 15 is 0 Å². The first-order chi connectivity index (χ1) is 12.0. The van der Waals surface area contributed by atoms with Gasteiger partial charge in [0, 0.05) is 27.7 Å². The van der Waals surface area contributed by atoms with Gasteiger partial charge in [-0.15, -0.1) is 0 Å². The standard InChI is InChI=1S/C20H29N5/c1-15-11-16(2)13-17(12-15)9-10-22-20(21-3)23-14-18-7-6-8-19(24-18)25(4)5/h6-8,11-13H,9-10,14H2,1-5H3,(H2,21,22,23). The Morgan fingerprint density at radius 3 is 2.44 bits per heavy atom. The highest BCUT2D eigenvalue weighted by molar-refractivity contribution is 5.79. The van der Waals surface area contributed by atoms with E-state index in [9.17, 15) is 0 Å². The lowest BCUT2D eigenvalue weighted by Gasteiger charge is -2.14. The Morgan fingerprint density at radius 2 is 1.80 bits per heavy atom. The van der Waals surface area contributed by atoms with Crippen LogP contribution in [0.5, 0.6) is 0 Å². The zero-order chi connectivity index (χ0) is 18.2. The summed E-state index contributed by atoms with van der Waals surface area (Å²) in [5.74, 6) is 1.75. The third-order valence-electron chi connectivity index (χ3n) is 3.90. The second-order valence-corrected chi connectivity index (χ2v) is 6.48. The average molecular weight is 339 g/mol. The molecular weight excluding hydrogens is 310 g/mol. The Balaban J connectivity index is 1.83. The van der Waals surface area contributed by atoms with Gasteiger partial charge in [-0.1, -0.05) is 35.4 Å². The maximum atomic E-state index is 4.61. The van der Waals surface area contributed by atoms with Crippen LogP contribution in [-0.2, 0) is 13.0 Å². The highest BCUT2D eigenvalue weighted by Crippen LogP contribution is 2.09. The van der Waals surface area contributed by atoms with Crippen molar-refractivity contribution in [1.82, 2.24) is 15.6 Å². The Labute approximate surface area is 151 Å². The quantitative estimate of drug-likeness (QED) is 0.628. The first-order valence-corrected chi connectivity index (χ1v) is 8.63. The third kappa shape index (κ3) is 6.10. The second-order valence-electron chi connectivity index (χ2n) is 6.48. The topological polar surface area (TPSA) is 52.6 Å². The Morgan fingerprint density at radius 1 is 1.08 bits per heavy atom. The molecule has 1 heterocycles. The summed E-state index contributed by atoms with van der Waals surface area (Å²) in [6, 6.07) is 12.7. The summed E-state index contributed by atoms with van der Waals surface area (Å²) in [7, 11) is 5.77. The molecule has 2 N–H and O–H groups in total. The molecule has 2 rings (SSSR count). The summed E-state index contributed by atoms with van der Waals surface area (Å²) >= 11 is 0. The van der Waals surface area contributed by atoms with Crippen LogP contribution >= 0.6 is 0 Å². The minimum atomic E-state index is 0.644. The Bertz CT molecular complexity index is 702. The fraction of sp³-hybridized carbons (Fsp3) is 0.400. The number of anilines is 1. The minimum Gasteiger partial charge on any atom is -0.363 e. The SMILES string of the molecule is CN=C(NCCc1cc(C)cc(C)c1)NCc1cccc(N(C)C)n1. The summed E-state index contributed by atoms with van der Waals surface area (Å²) in [5.41, 5.74) is 4.96. The molecule has 5 nitrogen and oxygen atoms in total. The maximum Gasteiger partial charge on any atom is 0.191 e. The van der Waals surface area contributed by atoms with Crippen LogP contribution in [0.2, 0.25) is 0 Å². The molecule has 0 spiro atoms. The zero-order valence-electron chi connectivity index (χ0n) is 15.9. The number of benzene rings is 1. The number of hydrogen-bond donors (Lipinski definition) is 2.